The molecule has 1 N–H and O–H groups in total. The van der Waals surface area contributed by atoms with Crippen LogP contribution in [0.3, 0.4) is 0 Å². The lowest BCUT2D eigenvalue weighted by Gasteiger charge is -2.10. The molecule has 3 rings (SSSR count). The number of aromatic nitrogens is 2. The maximum atomic E-state index is 13.2. The van der Waals surface area contributed by atoms with Crippen molar-refractivity contribution >= 4 is 42.5 Å². The van der Waals surface area contributed by atoms with Crippen LogP contribution in [0, 0.1) is 5.82 Å². The summed E-state index contributed by atoms with van der Waals surface area (Å²) in [6.07, 6.45) is 3.65. The molecule has 0 atom stereocenters. The van der Waals surface area contributed by atoms with E-state index in [-0.39, 0.29) is 4.90 Å². The van der Waals surface area contributed by atoms with E-state index in [1.54, 1.807) is 30.5 Å². The van der Waals surface area contributed by atoms with Crippen molar-refractivity contribution in [2.45, 2.75) is 4.90 Å². The summed E-state index contributed by atoms with van der Waals surface area (Å²) >= 11 is 3.30. The first-order valence-corrected chi connectivity index (χ1v) is 8.41. The third-order valence-corrected chi connectivity index (χ3v) is 4.69. The average molecular weight is 382 g/mol. The number of benzene rings is 1. The molecule has 5 nitrogen and oxygen atoms in total. The summed E-state index contributed by atoms with van der Waals surface area (Å²) in [5.41, 5.74) is 0.997. The summed E-state index contributed by atoms with van der Waals surface area (Å²) < 4.78 is 41.0. The molecule has 112 valence electrons. The third-order valence-electron chi connectivity index (χ3n) is 2.93. The molecule has 1 aromatic carbocycles. The number of fused-ring (bicyclic) bond motifs is 1. The van der Waals surface area contributed by atoms with E-state index in [1.165, 1.54) is 0 Å². The molecule has 0 aliphatic carbocycles. The maximum absolute atomic E-state index is 13.2. The molecule has 0 fully saturated rings. The van der Waals surface area contributed by atoms with Gasteiger partial charge in [-0.2, -0.15) is 0 Å². The van der Waals surface area contributed by atoms with Gasteiger partial charge in [-0.15, -0.1) is 0 Å². The minimum absolute atomic E-state index is 0.243. The van der Waals surface area contributed by atoms with E-state index in [1.807, 2.05) is 0 Å². The topological polar surface area (TPSA) is 72.0 Å². The zero-order valence-electron chi connectivity index (χ0n) is 11.0. The zero-order valence-corrected chi connectivity index (χ0v) is 13.4. The van der Waals surface area contributed by atoms with E-state index < -0.39 is 15.8 Å². The van der Waals surface area contributed by atoms with Gasteiger partial charge in [0.05, 0.1) is 17.4 Å². The monoisotopic (exact) mass is 381 g/mol. The maximum Gasteiger partial charge on any atom is 0.263 e. The molecule has 2 heterocycles. The van der Waals surface area contributed by atoms with Crippen LogP contribution < -0.4 is 4.72 Å². The van der Waals surface area contributed by atoms with Gasteiger partial charge in [-0.25, -0.2) is 12.8 Å². The highest BCUT2D eigenvalue weighted by Gasteiger charge is 2.17. The summed E-state index contributed by atoms with van der Waals surface area (Å²) in [5.74, 6) is -0.717. The van der Waals surface area contributed by atoms with Crippen LogP contribution in [0.15, 0.2) is 58.3 Å². The Hall–Kier alpha value is -2.06. The number of hydrogen-bond donors (Lipinski definition) is 1. The smallest absolute Gasteiger partial charge is 0.263 e. The van der Waals surface area contributed by atoms with Crippen molar-refractivity contribution in [2.24, 2.45) is 0 Å². The summed E-state index contributed by atoms with van der Waals surface area (Å²) in [5, 5.41) is 0.629. The molecule has 0 bridgehead atoms. The van der Waals surface area contributed by atoms with Crippen LogP contribution in [-0.2, 0) is 10.0 Å². The Kier molecular flexibility index (Phi) is 3.79. The SMILES string of the molecule is O=S(=O)(Nc1cccc2ncc(Br)cc12)c1cncc(F)c1. The molecule has 3 aromatic rings. The standard InChI is InChI=1S/C14H9BrFN3O2S/c15-9-4-12-13(18-6-9)2-1-3-14(12)19-22(20,21)11-5-10(16)7-17-8-11/h1-8,19H. The van der Waals surface area contributed by atoms with Crippen LogP contribution in [0.25, 0.3) is 10.9 Å². The largest absolute Gasteiger partial charge is 0.279 e. The number of sulfonamides is 1. The molecular weight excluding hydrogens is 373 g/mol. The molecule has 0 radical (unpaired) electrons. The second-order valence-electron chi connectivity index (χ2n) is 4.47. The van der Waals surface area contributed by atoms with Gasteiger partial charge in [-0.1, -0.05) is 6.07 Å². The van der Waals surface area contributed by atoms with Crippen LogP contribution >= 0.6 is 15.9 Å². The first-order chi connectivity index (χ1) is 10.5. The van der Waals surface area contributed by atoms with Crippen molar-refractivity contribution in [3.8, 4) is 0 Å². The lowest BCUT2D eigenvalue weighted by atomic mass is 10.2. The fourth-order valence-corrected chi connectivity index (χ4v) is 3.34. The number of pyridine rings is 2. The van der Waals surface area contributed by atoms with Gasteiger partial charge in [0.25, 0.3) is 10.0 Å². The van der Waals surface area contributed by atoms with Crippen molar-refractivity contribution in [1.82, 2.24) is 9.97 Å². The Morgan fingerprint density at radius 1 is 1.14 bits per heavy atom. The number of rotatable bonds is 3. The molecule has 0 spiro atoms. The predicted molar refractivity (Wildman–Crippen MR) is 84.4 cm³/mol. The number of hydrogen-bond acceptors (Lipinski definition) is 4. The summed E-state index contributed by atoms with van der Waals surface area (Å²) in [6.45, 7) is 0. The molecule has 0 unspecified atom stereocenters. The van der Waals surface area contributed by atoms with Gasteiger partial charge in [0, 0.05) is 22.3 Å². The fourth-order valence-electron chi connectivity index (χ4n) is 1.96. The van der Waals surface area contributed by atoms with Gasteiger partial charge in [0.2, 0.25) is 0 Å². The Balaban J connectivity index is 2.08. The van der Waals surface area contributed by atoms with Crippen molar-refractivity contribution in [3.05, 3.63) is 59.2 Å². The van der Waals surface area contributed by atoms with Gasteiger partial charge in [0.15, 0.2) is 0 Å². The van der Waals surface area contributed by atoms with Crippen LogP contribution in [0.1, 0.15) is 0 Å². The minimum Gasteiger partial charge on any atom is -0.279 e. The highest BCUT2D eigenvalue weighted by Crippen LogP contribution is 2.26. The van der Waals surface area contributed by atoms with Crippen LogP contribution in [-0.4, -0.2) is 18.4 Å². The molecule has 0 aliphatic rings. The first-order valence-electron chi connectivity index (χ1n) is 6.13. The molecule has 0 saturated heterocycles. The van der Waals surface area contributed by atoms with Gasteiger partial charge < -0.3 is 0 Å². The quantitative estimate of drug-likeness (QED) is 0.754. The second kappa shape index (κ2) is 5.62. The highest BCUT2D eigenvalue weighted by atomic mass is 79.9. The van der Waals surface area contributed by atoms with Crippen molar-refractivity contribution in [1.29, 1.82) is 0 Å². The summed E-state index contributed by atoms with van der Waals surface area (Å²) in [7, 11) is -3.94. The van der Waals surface area contributed by atoms with Gasteiger partial charge in [0.1, 0.15) is 10.7 Å². The first kappa shape index (κ1) is 14.9. The number of nitrogens with zero attached hydrogens (tertiary/aromatic N) is 2. The molecular formula is C14H9BrFN3O2S. The van der Waals surface area contributed by atoms with Gasteiger partial charge >= 0.3 is 0 Å². The fraction of sp³-hybridized carbons (Fsp3) is 0. The second-order valence-corrected chi connectivity index (χ2v) is 7.07. The van der Waals surface area contributed by atoms with Crippen molar-refractivity contribution in [2.75, 3.05) is 4.72 Å². The van der Waals surface area contributed by atoms with Crippen LogP contribution in [0.2, 0.25) is 0 Å². The molecule has 2 aromatic heterocycles. The van der Waals surface area contributed by atoms with E-state index >= 15 is 0 Å². The van der Waals surface area contributed by atoms with E-state index in [0.717, 1.165) is 22.9 Å². The van der Waals surface area contributed by atoms with Gasteiger partial charge in [-0.3, -0.25) is 14.7 Å². The Morgan fingerprint density at radius 2 is 1.95 bits per heavy atom. The van der Waals surface area contributed by atoms with E-state index in [4.69, 9.17) is 0 Å². The normalized spacial score (nSPS) is 11.5. The van der Waals surface area contributed by atoms with E-state index in [2.05, 4.69) is 30.6 Å². The molecule has 0 saturated carbocycles. The molecule has 0 amide bonds. The van der Waals surface area contributed by atoms with E-state index in [0.29, 0.717) is 16.6 Å². The molecule has 0 aliphatic heterocycles. The average Bonchev–Trinajstić information content (AvgIpc) is 2.48. The Labute approximate surface area is 134 Å². The Morgan fingerprint density at radius 3 is 2.73 bits per heavy atom. The Bertz CT molecular complexity index is 963. The number of anilines is 1. The molecule has 22 heavy (non-hydrogen) atoms. The van der Waals surface area contributed by atoms with Gasteiger partial charge in [-0.05, 0) is 40.2 Å². The predicted octanol–water partition coefficient (Wildman–Crippen LogP) is 3.33. The van der Waals surface area contributed by atoms with E-state index in [9.17, 15) is 12.8 Å². The van der Waals surface area contributed by atoms with Crippen molar-refractivity contribution < 1.29 is 12.8 Å². The number of nitrogens with one attached hydrogen (secondary N) is 1. The lowest BCUT2D eigenvalue weighted by Crippen LogP contribution is -2.13. The summed E-state index contributed by atoms with van der Waals surface area (Å²) in [4.78, 5) is 7.52. The third kappa shape index (κ3) is 2.93. The lowest BCUT2D eigenvalue weighted by molar-refractivity contribution is 0.592. The summed E-state index contributed by atoms with van der Waals surface area (Å²) in [6, 6.07) is 7.73. The zero-order chi connectivity index (χ0) is 15.7. The van der Waals surface area contributed by atoms with Crippen LogP contribution in [0.5, 0.6) is 0 Å². The van der Waals surface area contributed by atoms with Crippen molar-refractivity contribution in [3.63, 3.8) is 0 Å². The number of halogens is 2. The molecule has 8 heteroatoms. The van der Waals surface area contributed by atoms with Crippen LogP contribution in [0.4, 0.5) is 10.1 Å². The minimum atomic E-state index is -3.94. The highest BCUT2D eigenvalue weighted by molar-refractivity contribution is 9.10.